The molecule has 0 saturated carbocycles. The molecule has 0 saturated heterocycles. The molecule has 4 heteroatoms. The number of sulfone groups is 1. The van der Waals surface area contributed by atoms with Gasteiger partial charge in [-0.25, -0.2) is 8.42 Å². The molecule has 108 valence electrons. The minimum absolute atomic E-state index is 0.138. The number of aryl methyl sites for hydroxylation is 1. The van der Waals surface area contributed by atoms with Crippen LogP contribution in [0.5, 0.6) is 0 Å². The van der Waals surface area contributed by atoms with Crippen molar-refractivity contribution in [1.82, 2.24) is 5.32 Å². The van der Waals surface area contributed by atoms with Crippen LogP contribution < -0.4 is 5.32 Å². The summed E-state index contributed by atoms with van der Waals surface area (Å²) < 4.78 is 23.6. The SMILES string of the molecule is CCCNC(c1ccc(CC)cc1)C(C)S(C)(=O)=O. The first-order valence-corrected chi connectivity index (χ1v) is 8.86. The second kappa shape index (κ2) is 7.06. The van der Waals surface area contributed by atoms with Crippen molar-refractivity contribution >= 4 is 9.84 Å². The van der Waals surface area contributed by atoms with E-state index in [1.54, 1.807) is 6.92 Å². The summed E-state index contributed by atoms with van der Waals surface area (Å²) in [6, 6.07) is 8.08. The molecule has 0 heterocycles. The zero-order valence-electron chi connectivity index (χ0n) is 12.3. The second-order valence-corrected chi connectivity index (χ2v) is 7.46. The van der Waals surface area contributed by atoms with Gasteiger partial charge in [0.25, 0.3) is 0 Å². The first-order valence-electron chi connectivity index (χ1n) is 6.91. The van der Waals surface area contributed by atoms with E-state index in [0.717, 1.165) is 24.9 Å². The number of hydrogen-bond acceptors (Lipinski definition) is 3. The molecule has 2 unspecified atom stereocenters. The summed E-state index contributed by atoms with van der Waals surface area (Å²) in [6.45, 7) is 6.78. The zero-order chi connectivity index (χ0) is 14.5. The van der Waals surface area contributed by atoms with Crippen LogP contribution in [-0.2, 0) is 16.3 Å². The van der Waals surface area contributed by atoms with Gasteiger partial charge in [0.05, 0.1) is 5.25 Å². The van der Waals surface area contributed by atoms with Crippen LogP contribution in [0.2, 0.25) is 0 Å². The van der Waals surface area contributed by atoms with Crippen LogP contribution in [0.1, 0.15) is 44.4 Å². The summed E-state index contributed by atoms with van der Waals surface area (Å²) in [5, 5.41) is 2.93. The lowest BCUT2D eigenvalue weighted by molar-refractivity contribution is 0.500. The maximum atomic E-state index is 11.8. The van der Waals surface area contributed by atoms with Gasteiger partial charge in [-0.05, 0) is 37.4 Å². The van der Waals surface area contributed by atoms with Gasteiger partial charge < -0.3 is 5.32 Å². The molecule has 0 aliphatic heterocycles. The van der Waals surface area contributed by atoms with E-state index in [-0.39, 0.29) is 6.04 Å². The largest absolute Gasteiger partial charge is 0.309 e. The van der Waals surface area contributed by atoms with Crippen molar-refractivity contribution < 1.29 is 8.42 Å². The van der Waals surface area contributed by atoms with Crippen LogP contribution in [0.15, 0.2) is 24.3 Å². The molecule has 0 amide bonds. The minimum Gasteiger partial charge on any atom is -0.309 e. The normalized spacial score (nSPS) is 15.2. The molecular formula is C15H25NO2S. The maximum absolute atomic E-state index is 11.8. The van der Waals surface area contributed by atoms with E-state index in [4.69, 9.17) is 0 Å². The van der Waals surface area contributed by atoms with Gasteiger partial charge in [-0.15, -0.1) is 0 Å². The van der Waals surface area contributed by atoms with E-state index in [9.17, 15) is 8.42 Å². The Hall–Kier alpha value is -0.870. The molecule has 1 N–H and O–H groups in total. The van der Waals surface area contributed by atoms with Crippen LogP contribution >= 0.6 is 0 Å². The summed E-state index contributed by atoms with van der Waals surface area (Å²) >= 11 is 0. The zero-order valence-corrected chi connectivity index (χ0v) is 13.1. The lowest BCUT2D eigenvalue weighted by Crippen LogP contribution is -2.35. The van der Waals surface area contributed by atoms with Crippen LogP contribution in [0.4, 0.5) is 0 Å². The highest BCUT2D eigenvalue weighted by Crippen LogP contribution is 2.22. The average molecular weight is 283 g/mol. The Bertz CT molecular complexity index is 479. The number of benzene rings is 1. The van der Waals surface area contributed by atoms with Gasteiger partial charge in [0.1, 0.15) is 0 Å². The van der Waals surface area contributed by atoms with Gasteiger partial charge in [0.2, 0.25) is 0 Å². The second-order valence-electron chi connectivity index (χ2n) is 5.06. The quantitative estimate of drug-likeness (QED) is 0.837. The smallest absolute Gasteiger partial charge is 0.151 e. The maximum Gasteiger partial charge on any atom is 0.151 e. The third-order valence-electron chi connectivity index (χ3n) is 3.51. The lowest BCUT2D eigenvalue weighted by atomic mass is 10.0. The number of rotatable bonds is 7. The van der Waals surface area contributed by atoms with Gasteiger partial charge in [0, 0.05) is 12.3 Å². The van der Waals surface area contributed by atoms with E-state index in [1.165, 1.54) is 11.8 Å². The van der Waals surface area contributed by atoms with Gasteiger partial charge in [-0.1, -0.05) is 38.1 Å². The fraction of sp³-hybridized carbons (Fsp3) is 0.600. The topological polar surface area (TPSA) is 46.2 Å². The van der Waals surface area contributed by atoms with Gasteiger partial charge in [0.15, 0.2) is 9.84 Å². The van der Waals surface area contributed by atoms with Crippen molar-refractivity contribution in [1.29, 1.82) is 0 Å². The standard InChI is InChI=1S/C15H25NO2S/c1-5-11-16-15(12(3)19(4,17)18)14-9-7-13(6-2)8-10-14/h7-10,12,15-16H,5-6,11H2,1-4H3. The van der Waals surface area contributed by atoms with Gasteiger partial charge >= 0.3 is 0 Å². The van der Waals surface area contributed by atoms with Crippen molar-refractivity contribution in [2.45, 2.75) is 44.9 Å². The fourth-order valence-electron chi connectivity index (χ4n) is 2.06. The van der Waals surface area contributed by atoms with Gasteiger partial charge in [-0.3, -0.25) is 0 Å². The van der Waals surface area contributed by atoms with Crippen LogP contribution in [-0.4, -0.2) is 26.5 Å². The lowest BCUT2D eigenvalue weighted by Gasteiger charge is -2.24. The summed E-state index contributed by atoms with van der Waals surface area (Å²) in [4.78, 5) is 0. The fourth-order valence-corrected chi connectivity index (χ4v) is 2.81. The van der Waals surface area contributed by atoms with Gasteiger partial charge in [-0.2, -0.15) is 0 Å². The molecule has 0 fully saturated rings. The molecule has 3 nitrogen and oxygen atoms in total. The van der Waals surface area contributed by atoms with Crippen molar-refractivity contribution in [3.05, 3.63) is 35.4 Å². The Morgan fingerprint density at radius 2 is 1.74 bits per heavy atom. The molecule has 1 aromatic rings. The summed E-state index contributed by atoms with van der Waals surface area (Å²) in [6.07, 6.45) is 3.29. The average Bonchev–Trinajstić information content (AvgIpc) is 2.38. The number of nitrogens with one attached hydrogen (secondary N) is 1. The van der Waals surface area contributed by atoms with E-state index in [0.29, 0.717) is 0 Å². The Labute approximate surface area is 117 Å². The van der Waals surface area contributed by atoms with Crippen molar-refractivity contribution in [2.75, 3.05) is 12.8 Å². The molecule has 0 bridgehead atoms. The monoisotopic (exact) mass is 283 g/mol. The molecule has 0 aliphatic carbocycles. The Kier molecular flexibility index (Phi) is 6.01. The molecule has 0 spiro atoms. The first-order chi connectivity index (χ1) is 8.90. The van der Waals surface area contributed by atoms with E-state index < -0.39 is 15.1 Å². The summed E-state index contributed by atoms with van der Waals surface area (Å²) in [5.74, 6) is 0. The molecule has 0 aromatic heterocycles. The summed E-state index contributed by atoms with van der Waals surface area (Å²) in [5.41, 5.74) is 2.31. The van der Waals surface area contributed by atoms with E-state index in [1.807, 2.05) is 12.1 Å². The minimum atomic E-state index is -3.06. The molecule has 0 radical (unpaired) electrons. The molecule has 2 atom stereocenters. The predicted molar refractivity (Wildman–Crippen MR) is 81.2 cm³/mol. The third-order valence-corrected chi connectivity index (χ3v) is 5.13. The highest BCUT2D eigenvalue weighted by atomic mass is 32.2. The van der Waals surface area contributed by atoms with Crippen LogP contribution in [0.3, 0.4) is 0 Å². The first kappa shape index (κ1) is 16.2. The highest BCUT2D eigenvalue weighted by molar-refractivity contribution is 7.91. The van der Waals surface area contributed by atoms with Crippen molar-refractivity contribution in [2.24, 2.45) is 0 Å². The van der Waals surface area contributed by atoms with Crippen LogP contribution in [0.25, 0.3) is 0 Å². The van der Waals surface area contributed by atoms with Crippen molar-refractivity contribution in [3.63, 3.8) is 0 Å². The van der Waals surface area contributed by atoms with Crippen molar-refractivity contribution in [3.8, 4) is 0 Å². The summed E-state index contributed by atoms with van der Waals surface area (Å²) in [7, 11) is -3.06. The van der Waals surface area contributed by atoms with Crippen LogP contribution in [0, 0.1) is 0 Å². The Morgan fingerprint density at radius 1 is 1.16 bits per heavy atom. The predicted octanol–water partition coefficient (Wildman–Crippen LogP) is 2.72. The molecule has 0 aliphatic rings. The van der Waals surface area contributed by atoms with E-state index >= 15 is 0 Å². The van der Waals surface area contributed by atoms with E-state index in [2.05, 4.69) is 31.3 Å². The third kappa shape index (κ3) is 4.62. The molecule has 1 rings (SSSR count). The Morgan fingerprint density at radius 3 is 2.16 bits per heavy atom. The molecular weight excluding hydrogens is 258 g/mol. The number of hydrogen-bond donors (Lipinski definition) is 1. The molecule has 1 aromatic carbocycles. The Balaban J connectivity index is 3.01. The molecule has 19 heavy (non-hydrogen) atoms. The highest BCUT2D eigenvalue weighted by Gasteiger charge is 2.26.